The van der Waals surface area contributed by atoms with Crippen LogP contribution in [0.3, 0.4) is 0 Å². The van der Waals surface area contributed by atoms with Crippen molar-refractivity contribution in [3.8, 4) is 22.8 Å². The predicted octanol–water partition coefficient (Wildman–Crippen LogP) is 2.24. The fraction of sp³-hybridized carbons (Fsp3) is 0.190. The molecule has 0 fully saturated rings. The molecule has 1 heterocycles. The predicted molar refractivity (Wildman–Crippen MR) is 105 cm³/mol. The van der Waals surface area contributed by atoms with Crippen LogP contribution in [0.15, 0.2) is 65.5 Å². The number of nitrogens with one attached hydrogen (secondary N) is 1. The van der Waals surface area contributed by atoms with Crippen LogP contribution in [0.2, 0.25) is 0 Å². The minimum Gasteiger partial charge on any atom is -0.497 e. The summed E-state index contributed by atoms with van der Waals surface area (Å²) in [6.45, 7) is 0.203. The van der Waals surface area contributed by atoms with E-state index < -0.39 is 0 Å². The van der Waals surface area contributed by atoms with Crippen LogP contribution >= 0.6 is 0 Å². The summed E-state index contributed by atoms with van der Waals surface area (Å²) in [6, 6.07) is 17.8. The summed E-state index contributed by atoms with van der Waals surface area (Å²) in [5, 5.41) is 7.09. The van der Waals surface area contributed by atoms with E-state index in [9.17, 15) is 9.59 Å². The van der Waals surface area contributed by atoms with Crippen molar-refractivity contribution in [2.45, 2.75) is 13.1 Å². The molecule has 1 aromatic heterocycles. The Kier molecular flexibility index (Phi) is 6.06. The third kappa shape index (κ3) is 4.76. The van der Waals surface area contributed by atoms with Gasteiger partial charge in [-0.2, -0.15) is 5.10 Å². The van der Waals surface area contributed by atoms with E-state index in [1.807, 2.05) is 48.5 Å². The van der Waals surface area contributed by atoms with Gasteiger partial charge in [0.1, 0.15) is 18.0 Å². The summed E-state index contributed by atoms with van der Waals surface area (Å²) in [4.78, 5) is 24.3. The Labute approximate surface area is 162 Å². The largest absolute Gasteiger partial charge is 0.497 e. The molecular formula is C21H21N3O4. The standard InChI is InChI=1S/C21H21N3O4/c1-27-17-7-3-15(4-8-17)13-22-20(25)14-24-21(26)12-11-19(23-24)16-5-9-18(28-2)10-6-16/h3-12H,13-14H2,1-2H3,(H,22,25). The molecule has 28 heavy (non-hydrogen) atoms. The number of nitrogens with zero attached hydrogens (tertiary/aromatic N) is 2. The van der Waals surface area contributed by atoms with Crippen molar-refractivity contribution in [3.63, 3.8) is 0 Å². The SMILES string of the molecule is COc1ccc(CNC(=O)Cn2nc(-c3ccc(OC)cc3)ccc2=O)cc1. The number of carbonyl (C=O) groups excluding carboxylic acids is 1. The van der Waals surface area contributed by atoms with Crippen molar-refractivity contribution >= 4 is 5.91 Å². The average Bonchev–Trinajstić information content (AvgIpc) is 2.74. The molecule has 0 unspecified atom stereocenters. The van der Waals surface area contributed by atoms with Crippen LogP contribution in [0.4, 0.5) is 0 Å². The van der Waals surface area contributed by atoms with Crippen LogP contribution in [0.25, 0.3) is 11.3 Å². The number of carbonyl (C=O) groups is 1. The zero-order valence-corrected chi connectivity index (χ0v) is 15.7. The Morgan fingerprint density at radius 3 is 2.14 bits per heavy atom. The lowest BCUT2D eigenvalue weighted by Gasteiger charge is -2.09. The van der Waals surface area contributed by atoms with Crippen molar-refractivity contribution in [2.24, 2.45) is 0 Å². The Bertz CT molecular complexity index is 995. The number of hydrogen-bond donors (Lipinski definition) is 1. The molecule has 2 aromatic carbocycles. The summed E-state index contributed by atoms with van der Waals surface area (Å²) in [5.41, 5.74) is 2.02. The fourth-order valence-corrected chi connectivity index (χ4v) is 2.61. The first-order valence-corrected chi connectivity index (χ1v) is 8.71. The average molecular weight is 379 g/mol. The van der Waals surface area contributed by atoms with Crippen molar-refractivity contribution < 1.29 is 14.3 Å². The Balaban J connectivity index is 1.66. The van der Waals surface area contributed by atoms with Gasteiger partial charge in [0.2, 0.25) is 5.91 Å². The second-order valence-corrected chi connectivity index (χ2v) is 6.07. The fourth-order valence-electron chi connectivity index (χ4n) is 2.61. The molecule has 1 N–H and O–H groups in total. The van der Waals surface area contributed by atoms with E-state index in [1.54, 1.807) is 20.3 Å². The van der Waals surface area contributed by atoms with E-state index in [0.29, 0.717) is 12.2 Å². The first-order chi connectivity index (χ1) is 13.6. The minimum atomic E-state index is -0.336. The highest BCUT2D eigenvalue weighted by atomic mass is 16.5. The molecule has 0 bridgehead atoms. The maximum atomic E-state index is 12.2. The quantitative estimate of drug-likeness (QED) is 0.681. The molecule has 0 saturated carbocycles. The van der Waals surface area contributed by atoms with Crippen molar-refractivity contribution in [2.75, 3.05) is 14.2 Å². The highest BCUT2D eigenvalue weighted by molar-refractivity contribution is 5.75. The number of aromatic nitrogens is 2. The molecule has 0 aliphatic carbocycles. The van der Waals surface area contributed by atoms with Gasteiger partial charge in [-0.1, -0.05) is 12.1 Å². The van der Waals surface area contributed by atoms with Gasteiger partial charge in [0, 0.05) is 18.2 Å². The monoisotopic (exact) mass is 379 g/mol. The third-order valence-electron chi connectivity index (χ3n) is 4.19. The molecule has 1 amide bonds. The van der Waals surface area contributed by atoms with Crippen LogP contribution in [-0.4, -0.2) is 29.9 Å². The molecule has 3 aromatic rings. The van der Waals surface area contributed by atoms with Crippen LogP contribution in [0.1, 0.15) is 5.56 Å². The van der Waals surface area contributed by atoms with Crippen molar-refractivity contribution in [1.82, 2.24) is 15.1 Å². The molecule has 0 spiro atoms. The van der Waals surface area contributed by atoms with Crippen LogP contribution < -0.4 is 20.3 Å². The Morgan fingerprint density at radius 2 is 1.54 bits per heavy atom. The van der Waals surface area contributed by atoms with Gasteiger partial charge in [0.15, 0.2) is 0 Å². The van der Waals surface area contributed by atoms with E-state index in [2.05, 4.69) is 10.4 Å². The van der Waals surface area contributed by atoms with E-state index in [-0.39, 0.29) is 18.0 Å². The molecule has 0 aliphatic rings. The molecule has 144 valence electrons. The molecular weight excluding hydrogens is 358 g/mol. The van der Waals surface area contributed by atoms with Gasteiger partial charge in [-0.15, -0.1) is 0 Å². The molecule has 7 heteroatoms. The Hall–Kier alpha value is -3.61. The van der Waals surface area contributed by atoms with E-state index >= 15 is 0 Å². The van der Waals surface area contributed by atoms with E-state index in [0.717, 1.165) is 27.3 Å². The normalized spacial score (nSPS) is 10.4. The number of amides is 1. The maximum absolute atomic E-state index is 12.2. The lowest BCUT2D eigenvalue weighted by molar-refractivity contribution is -0.122. The molecule has 0 radical (unpaired) electrons. The lowest BCUT2D eigenvalue weighted by Crippen LogP contribution is -2.33. The first-order valence-electron chi connectivity index (χ1n) is 8.71. The molecule has 0 saturated heterocycles. The van der Waals surface area contributed by atoms with Crippen molar-refractivity contribution in [1.29, 1.82) is 0 Å². The smallest absolute Gasteiger partial charge is 0.267 e. The molecule has 0 aliphatic heterocycles. The second-order valence-electron chi connectivity index (χ2n) is 6.07. The van der Waals surface area contributed by atoms with Gasteiger partial charge in [0.05, 0.1) is 19.9 Å². The first kappa shape index (κ1) is 19.2. The van der Waals surface area contributed by atoms with Gasteiger partial charge in [-0.3, -0.25) is 9.59 Å². The minimum absolute atomic E-state index is 0.154. The highest BCUT2D eigenvalue weighted by Gasteiger charge is 2.08. The zero-order valence-electron chi connectivity index (χ0n) is 15.7. The Morgan fingerprint density at radius 1 is 0.929 bits per heavy atom. The number of benzene rings is 2. The molecule has 3 rings (SSSR count). The van der Waals surface area contributed by atoms with Gasteiger partial charge in [-0.05, 0) is 48.0 Å². The molecule has 0 atom stereocenters. The van der Waals surface area contributed by atoms with Crippen LogP contribution in [-0.2, 0) is 17.9 Å². The van der Waals surface area contributed by atoms with Crippen LogP contribution in [0, 0.1) is 0 Å². The summed E-state index contributed by atoms with van der Waals surface area (Å²) in [6.07, 6.45) is 0. The van der Waals surface area contributed by atoms with E-state index in [4.69, 9.17) is 9.47 Å². The highest BCUT2D eigenvalue weighted by Crippen LogP contribution is 2.19. The summed E-state index contributed by atoms with van der Waals surface area (Å²) >= 11 is 0. The van der Waals surface area contributed by atoms with Crippen LogP contribution in [0.5, 0.6) is 11.5 Å². The topological polar surface area (TPSA) is 82.4 Å². The van der Waals surface area contributed by atoms with E-state index in [1.165, 1.54) is 6.07 Å². The number of hydrogen-bond acceptors (Lipinski definition) is 5. The summed E-state index contributed by atoms with van der Waals surface area (Å²) in [5.74, 6) is 1.19. The lowest BCUT2D eigenvalue weighted by atomic mass is 10.1. The number of rotatable bonds is 7. The summed E-state index contributed by atoms with van der Waals surface area (Å²) < 4.78 is 11.4. The van der Waals surface area contributed by atoms with Gasteiger partial charge in [-0.25, -0.2) is 4.68 Å². The zero-order chi connectivity index (χ0) is 19.9. The van der Waals surface area contributed by atoms with Gasteiger partial charge in [0.25, 0.3) is 5.56 Å². The van der Waals surface area contributed by atoms with Crippen molar-refractivity contribution in [3.05, 3.63) is 76.6 Å². The summed E-state index contributed by atoms with van der Waals surface area (Å²) in [7, 11) is 3.19. The van der Waals surface area contributed by atoms with Gasteiger partial charge < -0.3 is 14.8 Å². The third-order valence-corrected chi connectivity index (χ3v) is 4.19. The number of ether oxygens (including phenoxy) is 2. The maximum Gasteiger partial charge on any atom is 0.267 e. The molecule has 7 nitrogen and oxygen atoms in total. The van der Waals surface area contributed by atoms with Gasteiger partial charge >= 0.3 is 0 Å². The second kappa shape index (κ2) is 8.85. The number of methoxy groups -OCH3 is 2.